The number of sulfonamides is 1. The van der Waals surface area contributed by atoms with Crippen molar-refractivity contribution in [1.29, 1.82) is 0 Å². The predicted molar refractivity (Wildman–Crippen MR) is 91.0 cm³/mol. The normalized spacial score (nSPS) is 17.0. The number of piperidine rings is 1. The molecule has 1 aromatic rings. The third-order valence-corrected chi connectivity index (χ3v) is 6.47. The van der Waals surface area contributed by atoms with Gasteiger partial charge in [0.25, 0.3) is 0 Å². The summed E-state index contributed by atoms with van der Waals surface area (Å²) in [4.78, 5) is 1.60. The van der Waals surface area contributed by atoms with Crippen molar-refractivity contribution in [1.82, 2.24) is 9.21 Å². The molecule has 0 bridgehead atoms. The van der Waals surface area contributed by atoms with Crippen molar-refractivity contribution < 1.29 is 27.4 Å². The lowest BCUT2D eigenvalue weighted by molar-refractivity contribution is 0.138. The summed E-state index contributed by atoms with van der Waals surface area (Å²) < 4.78 is 51.3. The summed E-state index contributed by atoms with van der Waals surface area (Å²) in [5, 5.41) is 9.01. The Morgan fingerprint density at radius 3 is 2.32 bits per heavy atom. The second-order valence-electron chi connectivity index (χ2n) is 5.98. The highest BCUT2D eigenvalue weighted by atomic mass is 32.2. The molecular weight excluding hydrogens is 351 g/mol. The lowest BCUT2D eigenvalue weighted by Crippen LogP contribution is -2.46. The lowest BCUT2D eigenvalue weighted by Gasteiger charge is -2.36. The molecule has 1 saturated heterocycles. The fourth-order valence-electron chi connectivity index (χ4n) is 3.04. The van der Waals surface area contributed by atoms with Gasteiger partial charge >= 0.3 is 0 Å². The average Bonchev–Trinajstić information content (AvgIpc) is 2.61. The third kappa shape index (κ3) is 4.22. The monoisotopic (exact) mass is 376 g/mol. The van der Waals surface area contributed by atoms with E-state index in [0.29, 0.717) is 32.5 Å². The number of aliphatic hydroxyl groups excluding tert-OH is 1. The topological polar surface area (TPSA) is 79.3 Å². The van der Waals surface area contributed by atoms with E-state index >= 15 is 0 Å². The molecule has 1 heterocycles. The van der Waals surface area contributed by atoms with Gasteiger partial charge in [-0.2, -0.15) is 4.31 Å². The van der Waals surface area contributed by atoms with Crippen LogP contribution in [0, 0.1) is 5.82 Å². The molecule has 0 unspecified atom stereocenters. The van der Waals surface area contributed by atoms with E-state index in [4.69, 9.17) is 14.6 Å². The van der Waals surface area contributed by atoms with Crippen LogP contribution in [0.1, 0.15) is 12.8 Å². The Morgan fingerprint density at radius 2 is 1.80 bits per heavy atom. The fraction of sp³-hybridized carbons (Fsp3) is 0.625. The highest BCUT2D eigenvalue weighted by Gasteiger charge is 2.33. The van der Waals surface area contributed by atoms with Crippen LogP contribution in [0.15, 0.2) is 17.0 Å². The first kappa shape index (κ1) is 19.9. The van der Waals surface area contributed by atoms with Crippen molar-refractivity contribution in [2.24, 2.45) is 0 Å². The Kier molecular flexibility index (Phi) is 6.61. The standard InChI is InChI=1S/C16H25FN2O5S/c1-18(8-9-20)12-4-6-19(7-5-12)25(21,22)16-11-15(24-3)14(23-2)10-13(16)17/h10-12,20H,4-9H2,1-3H3. The van der Waals surface area contributed by atoms with Crippen molar-refractivity contribution in [3.05, 3.63) is 17.9 Å². The Labute approximate surface area is 148 Å². The number of nitrogens with zero attached hydrogens (tertiary/aromatic N) is 2. The van der Waals surface area contributed by atoms with Crippen molar-refractivity contribution in [3.63, 3.8) is 0 Å². The second kappa shape index (κ2) is 8.31. The maximum atomic E-state index is 14.3. The van der Waals surface area contributed by atoms with Gasteiger partial charge < -0.3 is 19.5 Å². The van der Waals surface area contributed by atoms with Gasteiger partial charge in [0.2, 0.25) is 10.0 Å². The molecule has 1 aromatic carbocycles. The molecule has 0 saturated carbocycles. The van der Waals surface area contributed by atoms with E-state index in [1.54, 1.807) is 0 Å². The third-order valence-electron chi connectivity index (χ3n) is 4.56. The first-order chi connectivity index (χ1) is 11.8. The zero-order valence-electron chi connectivity index (χ0n) is 14.7. The van der Waals surface area contributed by atoms with E-state index in [9.17, 15) is 12.8 Å². The van der Waals surface area contributed by atoms with E-state index in [1.807, 2.05) is 11.9 Å². The molecule has 7 nitrogen and oxygen atoms in total. The second-order valence-corrected chi connectivity index (χ2v) is 7.88. The molecule has 2 rings (SSSR count). The van der Waals surface area contributed by atoms with E-state index in [-0.39, 0.29) is 24.1 Å². The van der Waals surface area contributed by atoms with E-state index in [1.165, 1.54) is 18.5 Å². The van der Waals surface area contributed by atoms with E-state index in [0.717, 1.165) is 12.1 Å². The van der Waals surface area contributed by atoms with Crippen LogP contribution in [0.2, 0.25) is 0 Å². The zero-order valence-corrected chi connectivity index (χ0v) is 15.6. The maximum absolute atomic E-state index is 14.3. The average molecular weight is 376 g/mol. The molecule has 9 heteroatoms. The number of methoxy groups -OCH3 is 2. The molecular formula is C16H25FN2O5S. The molecule has 142 valence electrons. The van der Waals surface area contributed by atoms with Gasteiger partial charge in [0.05, 0.1) is 20.8 Å². The zero-order chi connectivity index (χ0) is 18.6. The SMILES string of the molecule is COc1cc(F)c(S(=O)(=O)N2CCC(N(C)CCO)CC2)cc1OC. The Bertz CT molecular complexity index is 690. The number of ether oxygens (including phenoxy) is 2. The van der Waals surface area contributed by atoms with Gasteiger partial charge in [0.15, 0.2) is 11.5 Å². The van der Waals surface area contributed by atoms with Gasteiger partial charge in [-0.3, -0.25) is 0 Å². The van der Waals surface area contributed by atoms with Crippen LogP contribution in [0.3, 0.4) is 0 Å². The Morgan fingerprint density at radius 1 is 1.24 bits per heavy atom. The van der Waals surface area contributed by atoms with Crippen LogP contribution in [0.25, 0.3) is 0 Å². The Hall–Kier alpha value is -1.42. The molecule has 0 atom stereocenters. The van der Waals surface area contributed by atoms with Crippen molar-refractivity contribution in [2.45, 2.75) is 23.8 Å². The van der Waals surface area contributed by atoms with E-state index < -0.39 is 20.7 Å². The number of benzene rings is 1. The fourth-order valence-corrected chi connectivity index (χ4v) is 4.57. The summed E-state index contributed by atoms with van der Waals surface area (Å²) in [6.07, 6.45) is 1.26. The highest BCUT2D eigenvalue weighted by Crippen LogP contribution is 2.34. The molecule has 0 aliphatic carbocycles. The summed E-state index contributed by atoms with van der Waals surface area (Å²) in [5.74, 6) is -0.555. The van der Waals surface area contributed by atoms with Gasteiger partial charge in [-0.05, 0) is 19.9 Å². The summed E-state index contributed by atoms with van der Waals surface area (Å²) in [7, 11) is 0.675. The highest BCUT2D eigenvalue weighted by molar-refractivity contribution is 7.89. The number of rotatable bonds is 7. The van der Waals surface area contributed by atoms with Crippen molar-refractivity contribution in [2.75, 3.05) is 47.5 Å². The van der Waals surface area contributed by atoms with Gasteiger partial charge in [-0.15, -0.1) is 0 Å². The van der Waals surface area contributed by atoms with Gasteiger partial charge in [-0.1, -0.05) is 0 Å². The summed E-state index contributed by atoms with van der Waals surface area (Å²) in [6, 6.07) is 2.38. The number of halogens is 1. The minimum absolute atomic E-state index is 0.0614. The molecule has 1 N–H and O–H groups in total. The minimum Gasteiger partial charge on any atom is -0.493 e. The van der Waals surface area contributed by atoms with Crippen molar-refractivity contribution in [3.8, 4) is 11.5 Å². The minimum atomic E-state index is -3.96. The summed E-state index contributed by atoms with van der Waals surface area (Å²) in [5.41, 5.74) is 0. The quantitative estimate of drug-likeness (QED) is 0.762. The van der Waals surface area contributed by atoms with Crippen LogP contribution in [-0.2, 0) is 10.0 Å². The maximum Gasteiger partial charge on any atom is 0.246 e. The van der Waals surface area contributed by atoms with Crippen molar-refractivity contribution >= 4 is 10.0 Å². The van der Waals surface area contributed by atoms with Gasteiger partial charge in [0.1, 0.15) is 10.7 Å². The molecule has 25 heavy (non-hydrogen) atoms. The molecule has 1 aliphatic rings. The number of likely N-dealkylation sites (N-methyl/N-ethyl adjacent to an activating group) is 1. The number of aliphatic hydroxyl groups is 1. The molecule has 0 spiro atoms. The van der Waals surface area contributed by atoms with Crippen LogP contribution in [0.5, 0.6) is 11.5 Å². The molecule has 0 amide bonds. The smallest absolute Gasteiger partial charge is 0.246 e. The summed E-state index contributed by atoms with van der Waals surface area (Å²) in [6.45, 7) is 1.21. The Balaban J connectivity index is 2.20. The van der Waals surface area contributed by atoms with Crippen LogP contribution in [0.4, 0.5) is 4.39 Å². The first-order valence-electron chi connectivity index (χ1n) is 8.08. The van der Waals surface area contributed by atoms with Crippen LogP contribution < -0.4 is 9.47 Å². The first-order valence-corrected chi connectivity index (χ1v) is 9.52. The predicted octanol–water partition coefficient (Wildman–Crippen LogP) is 0.920. The lowest BCUT2D eigenvalue weighted by atomic mass is 10.1. The summed E-state index contributed by atoms with van der Waals surface area (Å²) >= 11 is 0. The molecule has 1 fully saturated rings. The molecule has 0 radical (unpaired) electrons. The van der Waals surface area contributed by atoms with Gasteiger partial charge in [0, 0.05) is 37.8 Å². The van der Waals surface area contributed by atoms with Crippen LogP contribution >= 0.6 is 0 Å². The van der Waals surface area contributed by atoms with Gasteiger partial charge in [-0.25, -0.2) is 12.8 Å². The molecule has 0 aromatic heterocycles. The largest absolute Gasteiger partial charge is 0.493 e. The number of hydrogen-bond acceptors (Lipinski definition) is 6. The molecule has 1 aliphatic heterocycles. The number of hydrogen-bond donors (Lipinski definition) is 1. The van der Waals surface area contributed by atoms with Crippen LogP contribution in [-0.4, -0.2) is 76.3 Å². The van der Waals surface area contributed by atoms with E-state index in [2.05, 4.69) is 0 Å².